The Hall–Kier alpha value is -2.92. The molecule has 0 N–H and O–H groups in total. The molecule has 2 aliphatic rings. The summed E-state index contributed by atoms with van der Waals surface area (Å²) in [4.78, 5) is 32.3. The largest absolute Gasteiger partial charge is 0.331 e. The number of amides is 2. The number of rotatable bonds is 6. The molecule has 1 fully saturated rings. The normalized spacial score (nSPS) is 21.3. The molecule has 1 aliphatic carbocycles. The SMILES string of the molecule is Cc1ccc(C2c3ccsc3CCN2C(=O)CN(C(=O)C2CC2c2ccccc2)C(C)C)cc1. The van der Waals surface area contributed by atoms with Gasteiger partial charge < -0.3 is 9.80 Å². The van der Waals surface area contributed by atoms with Crippen LogP contribution in [0.25, 0.3) is 0 Å². The maximum atomic E-state index is 13.7. The van der Waals surface area contributed by atoms with Crippen molar-refractivity contribution in [2.45, 2.75) is 51.6 Å². The van der Waals surface area contributed by atoms with Crippen molar-refractivity contribution < 1.29 is 9.59 Å². The molecule has 2 heterocycles. The summed E-state index contributed by atoms with van der Waals surface area (Å²) in [5, 5.41) is 2.13. The van der Waals surface area contributed by atoms with Crippen molar-refractivity contribution in [2.75, 3.05) is 13.1 Å². The van der Waals surface area contributed by atoms with E-state index in [1.807, 2.05) is 36.9 Å². The molecule has 3 atom stereocenters. The summed E-state index contributed by atoms with van der Waals surface area (Å²) in [6.45, 7) is 6.92. The number of thiophene rings is 1. The van der Waals surface area contributed by atoms with E-state index in [-0.39, 0.29) is 42.3 Å². The summed E-state index contributed by atoms with van der Waals surface area (Å²) in [6.07, 6.45) is 1.74. The van der Waals surface area contributed by atoms with E-state index >= 15 is 0 Å². The van der Waals surface area contributed by atoms with Gasteiger partial charge in [0.25, 0.3) is 0 Å². The number of benzene rings is 2. The standard InChI is InChI=1S/C29H32N2O2S/c1-19(2)31(29(33)25-17-24(25)21-7-5-4-6-8-21)18-27(32)30-15-13-26-23(14-16-34-26)28(30)22-11-9-20(3)10-12-22/h4-12,14,16,19,24-25,28H,13,15,17-18H2,1-3H3. The van der Waals surface area contributed by atoms with Crippen LogP contribution in [0.2, 0.25) is 0 Å². The van der Waals surface area contributed by atoms with Crippen molar-refractivity contribution in [1.29, 1.82) is 0 Å². The van der Waals surface area contributed by atoms with E-state index in [0.717, 1.165) is 18.4 Å². The molecule has 1 aliphatic heterocycles. The monoisotopic (exact) mass is 472 g/mol. The fourth-order valence-corrected chi connectivity index (χ4v) is 6.10. The van der Waals surface area contributed by atoms with E-state index < -0.39 is 0 Å². The topological polar surface area (TPSA) is 40.6 Å². The third-order valence-corrected chi connectivity index (χ3v) is 8.22. The van der Waals surface area contributed by atoms with Gasteiger partial charge in [0.2, 0.25) is 11.8 Å². The van der Waals surface area contributed by atoms with Crippen molar-refractivity contribution >= 4 is 23.2 Å². The third-order valence-electron chi connectivity index (χ3n) is 7.23. The summed E-state index contributed by atoms with van der Waals surface area (Å²) in [7, 11) is 0. The molecule has 1 saturated carbocycles. The smallest absolute Gasteiger partial charge is 0.243 e. The van der Waals surface area contributed by atoms with E-state index in [1.165, 1.54) is 21.6 Å². The zero-order valence-corrected chi connectivity index (χ0v) is 20.9. The molecule has 5 heteroatoms. The first-order valence-electron chi connectivity index (χ1n) is 12.2. The van der Waals surface area contributed by atoms with Gasteiger partial charge >= 0.3 is 0 Å². The highest BCUT2D eigenvalue weighted by molar-refractivity contribution is 7.10. The van der Waals surface area contributed by atoms with Gasteiger partial charge in [0.15, 0.2) is 0 Å². The van der Waals surface area contributed by atoms with Crippen LogP contribution in [-0.4, -0.2) is 40.7 Å². The lowest BCUT2D eigenvalue weighted by molar-refractivity contribution is -0.144. The average molecular weight is 473 g/mol. The van der Waals surface area contributed by atoms with Crippen molar-refractivity contribution in [2.24, 2.45) is 5.92 Å². The number of hydrogen-bond acceptors (Lipinski definition) is 3. The van der Waals surface area contributed by atoms with Crippen LogP contribution in [0.1, 0.15) is 59.4 Å². The minimum absolute atomic E-state index is 0.0182. The van der Waals surface area contributed by atoms with Crippen LogP contribution < -0.4 is 0 Å². The van der Waals surface area contributed by atoms with Crippen LogP contribution in [0.4, 0.5) is 0 Å². The van der Waals surface area contributed by atoms with Gasteiger partial charge in [-0.3, -0.25) is 9.59 Å². The van der Waals surface area contributed by atoms with Crippen molar-refractivity contribution in [1.82, 2.24) is 9.80 Å². The lowest BCUT2D eigenvalue weighted by Gasteiger charge is -2.38. The predicted molar refractivity (Wildman–Crippen MR) is 137 cm³/mol. The molecule has 2 aromatic carbocycles. The van der Waals surface area contributed by atoms with Gasteiger partial charge in [-0.15, -0.1) is 11.3 Å². The quantitative estimate of drug-likeness (QED) is 0.470. The fourth-order valence-electron chi connectivity index (χ4n) is 5.19. The summed E-state index contributed by atoms with van der Waals surface area (Å²) < 4.78 is 0. The molecule has 4 nitrogen and oxygen atoms in total. The van der Waals surface area contributed by atoms with E-state index in [4.69, 9.17) is 0 Å². The molecule has 3 unspecified atom stereocenters. The Bertz CT molecular complexity index is 1170. The van der Waals surface area contributed by atoms with Gasteiger partial charge in [0.05, 0.1) is 6.04 Å². The molecule has 0 spiro atoms. The highest BCUT2D eigenvalue weighted by Crippen LogP contribution is 2.48. The maximum absolute atomic E-state index is 13.7. The van der Waals surface area contributed by atoms with E-state index in [2.05, 4.69) is 54.8 Å². The lowest BCUT2D eigenvalue weighted by Crippen LogP contribution is -2.49. The van der Waals surface area contributed by atoms with E-state index in [9.17, 15) is 9.59 Å². The summed E-state index contributed by atoms with van der Waals surface area (Å²) in [5.74, 6) is 0.391. The van der Waals surface area contributed by atoms with Crippen LogP contribution in [0, 0.1) is 12.8 Å². The van der Waals surface area contributed by atoms with Crippen molar-refractivity contribution in [3.05, 3.63) is 93.2 Å². The Labute approximate surface area is 206 Å². The Kier molecular flexibility index (Phi) is 6.30. The van der Waals surface area contributed by atoms with Crippen LogP contribution in [-0.2, 0) is 16.0 Å². The molecule has 0 radical (unpaired) electrons. The molecule has 5 rings (SSSR count). The van der Waals surface area contributed by atoms with Gasteiger partial charge in [-0.2, -0.15) is 0 Å². The second kappa shape index (κ2) is 9.38. The summed E-state index contributed by atoms with van der Waals surface area (Å²) in [5.41, 5.74) is 4.78. The van der Waals surface area contributed by atoms with Crippen LogP contribution in [0.15, 0.2) is 66.0 Å². The van der Waals surface area contributed by atoms with Gasteiger partial charge in [0, 0.05) is 23.4 Å². The Morgan fingerprint density at radius 1 is 1.03 bits per heavy atom. The highest BCUT2D eigenvalue weighted by atomic mass is 32.1. The Morgan fingerprint density at radius 3 is 2.47 bits per heavy atom. The first-order valence-corrected chi connectivity index (χ1v) is 13.1. The maximum Gasteiger partial charge on any atom is 0.243 e. The predicted octanol–water partition coefficient (Wildman–Crippen LogP) is 5.57. The second-order valence-electron chi connectivity index (χ2n) is 9.87. The minimum Gasteiger partial charge on any atom is -0.331 e. The Balaban J connectivity index is 1.36. The van der Waals surface area contributed by atoms with Crippen LogP contribution in [0.5, 0.6) is 0 Å². The van der Waals surface area contributed by atoms with Crippen LogP contribution >= 0.6 is 11.3 Å². The summed E-state index contributed by atoms with van der Waals surface area (Å²) >= 11 is 1.77. The van der Waals surface area contributed by atoms with Gasteiger partial charge in [-0.1, -0.05) is 60.2 Å². The number of aryl methyl sites for hydroxylation is 1. The first kappa shape index (κ1) is 22.9. The molecule has 2 amide bonds. The van der Waals surface area contributed by atoms with E-state index in [0.29, 0.717) is 6.54 Å². The van der Waals surface area contributed by atoms with Gasteiger partial charge in [-0.25, -0.2) is 0 Å². The molecule has 0 bridgehead atoms. The third kappa shape index (κ3) is 4.41. The van der Waals surface area contributed by atoms with Gasteiger partial charge in [0.1, 0.15) is 6.54 Å². The number of carbonyl (C=O) groups excluding carboxylic acids is 2. The number of nitrogens with zero attached hydrogens (tertiary/aromatic N) is 2. The number of hydrogen-bond donors (Lipinski definition) is 0. The summed E-state index contributed by atoms with van der Waals surface area (Å²) in [6, 6.07) is 20.8. The minimum atomic E-state index is -0.0924. The zero-order valence-electron chi connectivity index (χ0n) is 20.1. The van der Waals surface area contributed by atoms with Crippen LogP contribution in [0.3, 0.4) is 0 Å². The lowest BCUT2D eigenvalue weighted by atomic mass is 9.92. The molecular weight excluding hydrogens is 440 g/mol. The first-order chi connectivity index (χ1) is 16.4. The second-order valence-corrected chi connectivity index (χ2v) is 10.9. The average Bonchev–Trinajstić information content (AvgIpc) is 3.51. The number of fused-ring (bicyclic) bond motifs is 1. The van der Waals surface area contributed by atoms with E-state index in [1.54, 1.807) is 16.2 Å². The van der Waals surface area contributed by atoms with Gasteiger partial charge in [-0.05, 0) is 67.7 Å². The molecule has 3 aromatic rings. The highest BCUT2D eigenvalue weighted by Gasteiger charge is 2.46. The Morgan fingerprint density at radius 2 is 1.76 bits per heavy atom. The van der Waals surface area contributed by atoms with Crippen molar-refractivity contribution in [3.63, 3.8) is 0 Å². The molecule has 0 saturated heterocycles. The van der Waals surface area contributed by atoms with Crippen molar-refractivity contribution in [3.8, 4) is 0 Å². The molecular formula is C29H32N2O2S. The zero-order chi connectivity index (χ0) is 23.8. The molecule has 176 valence electrons. The fraction of sp³-hybridized carbons (Fsp3) is 0.379. The number of carbonyl (C=O) groups is 2. The molecule has 1 aromatic heterocycles. The molecule has 34 heavy (non-hydrogen) atoms.